The smallest absolute Gasteiger partial charge is 0.347 e. The van der Waals surface area contributed by atoms with Gasteiger partial charge in [-0.05, 0) is 31.6 Å². The Morgan fingerprint density at radius 3 is 2.31 bits per heavy atom. The van der Waals surface area contributed by atoms with Gasteiger partial charge in [0, 0.05) is 19.6 Å². The fourth-order valence-electron chi connectivity index (χ4n) is 2.67. The summed E-state index contributed by atoms with van der Waals surface area (Å²) in [6.45, 7) is 13.9. The van der Waals surface area contributed by atoms with E-state index in [1.807, 2.05) is 18.7 Å². The summed E-state index contributed by atoms with van der Waals surface area (Å²) in [5.74, 6) is -0.872. The summed E-state index contributed by atoms with van der Waals surface area (Å²) in [6.07, 6.45) is 2.72. The summed E-state index contributed by atoms with van der Waals surface area (Å²) in [5.41, 5.74) is -0.891. The first kappa shape index (κ1) is 22.0. The van der Waals surface area contributed by atoms with Crippen molar-refractivity contribution < 1.29 is 14.6 Å². The minimum Gasteiger partial charge on any atom is -0.503 e. The second kappa shape index (κ2) is 9.59. The van der Waals surface area contributed by atoms with Crippen molar-refractivity contribution in [2.75, 3.05) is 24.6 Å². The monoisotopic (exact) mass is 367 g/mol. The van der Waals surface area contributed by atoms with Crippen molar-refractivity contribution in [1.29, 1.82) is 0 Å². The molecule has 0 spiro atoms. The quantitative estimate of drug-likeness (QED) is 0.805. The van der Waals surface area contributed by atoms with E-state index in [0.29, 0.717) is 12.4 Å². The maximum absolute atomic E-state index is 12.6. The largest absolute Gasteiger partial charge is 0.503 e. The molecule has 0 radical (unpaired) electrons. The standard InChI is InChI=1S/C17H27N3O4.C2H6/c1-5-24-16(23)12-13(21)14(19-9-6-7-10-19)18-20(15(12)22)11-8-17(2,3)4;1-2/h21H,5-11H2,1-4H3;1-2H3. The van der Waals surface area contributed by atoms with Crippen LogP contribution in [0.1, 0.15) is 71.2 Å². The van der Waals surface area contributed by atoms with Crippen molar-refractivity contribution in [1.82, 2.24) is 9.78 Å². The van der Waals surface area contributed by atoms with Crippen LogP contribution in [0.15, 0.2) is 4.79 Å². The van der Waals surface area contributed by atoms with E-state index in [1.165, 1.54) is 4.68 Å². The number of carbonyl (C=O) groups excluding carboxylic acids is 1. The second-order valence-electron chi connectivity index (χ2n) is 7.30. The molecule has 1 saturated heterocycles. The van der Waals surface area contributed by atoms with E-state index in [4.69, 9.17) is 4.74 Å². The lowest BCUT2D eigenvalue weighted by atomic mass is 9.92. The summed E-state index contributed by atoms with van der Waals surface area (Å²) in [4.78, 5) is 26.7. The van der Waals surface area contributed by atoms with E-state index in [-0.39, 0.29) is 23.3 Å². The van der Waals surface area contributed by atoms with Crippen molar-refractivity contribution in [3.8, 4) is 5.75 Å². The first-order valence-corrected chi connectivity index (χ1v) is 9.50. The maximum Gasteiger partial charge on any atom is 0.347 e. The van der Waals surface area contributed by atoms with Gasteiger partial charge in [-0.15, -0.1) is 5.10 Å². The number of esters is 1. The number of hydrogen-bond acceptors (Lipinski definition) is 6. The number of aromatic nitrogens is 2. The van der Waals surface area contributed by atoms with Crippen LogP contribution >= 0.6 is 0 Å². The second-order valence-corrected chi connectivity index (χ2v) is 7.30. The first-order chi connectivity index (χ1) is 12.2. The zero-order valence-electron chi connectivity index (χ0n) is 17.0. The van der Waals surface area contributed by atoms with Crippen LogP contribution in [0.3, 0.4) is 0 Å². The minimum atomic E-state index is -0.799. The van der Waals surface area contributed by atoms with Gasteiger partial charge in [-0.3, -0.25) is 4.79 Å². The molecule has 0 amide bonds. The Balaban J connectivity index is 0.00000163. The molecule has 1 fully saturated rings. The van der Waals surface area contributed by atoms with Crippen LogP contribution in [0.5, 0.6) is 5.75 Å². The Kier molecular flexibility index (Phi) is 8.11. The van der Waals surface area contributed by atoms with E-state index < -0.39 is 11.5 Å². The van der Waals surface area contributed by atoms with Gasteiger partial charge in [0.15, 0.2) is 17.1 Å². The van der Waals surface area contributed by atoms with Crippen LogP contribution in [0.25, 0.3) is 0 Å². The third-order valence-corrected chi connectivity index (χ3v) is 4.07. The van der Waals surface area contributed by atoms with Gasteiger partial charge in [0.25, 0.3) is 5.56 Å². The SMILES string of the molecule is CC.CCOC(=O)c1c(O)c(N2CCCC2)nn(CCC(C)(C)C)c1=O. The van der Waals surface area contributed by atoms with E-state index in [0.717, 1.165) is 32.4 Å². The molecule has 7 nitrogen and oxygen atoms in total. The summed E-state index contributed by atoms with van der Waals surface area (Å²) < 4.78 is 6.23. The van der Waals surface area contributed by atoms with Crippen molar-refractivity contribution in [2.45, 2.75) is 67.3 Å². The number of ether oxygens (including phenoxy) is 1. The van der Waals surface area contributed by atoms with Gasteiger partial charge in [0.05, 0.1) is 6.61 Å². The zero-order chi connectivity index (χ0) is 19.9. The Morgan fingerprint density at radius 2 is 1.81 bits per heavy atom. The van der Waals surface area contributed by atoms with Crippen molar-refractivity contribution >= 4 is 11.8 Å². The summed E-state index contributed by atoms with van der Waals surface area (Å²) in [6, 6.07) is 0. The van der Waals surface area contributed by atoms with Gasteiger partial charge in [-0.1, -0.05) is 34.6 Å². The average Bonchev–Trinajstić information content (AvgIpc) is 3.10. The van der Waals surface area contributed by atoms with Crippen LogP contribution in [0, 0.1) is 5.41 Å². The molecule has 1 aliphatic heterocycles. The first-order valence-electron chi connectivity index (χ1n) is 9.50. The topological polar surface area (TPSA) is 84.7 Å². The molecule has 0 unspecified atom stereocenters. The molecule has 0 aromatic carbocycles. The normalized spacial score (nSPS) is 14.0. The van der Waals surface area contributed by atoms with E-state index >= 15 is 0 Å². The summed E-state index contributed by atoms with van der Waals surface area (Å²) in [5, 5.41) is 14.8. The van der Waals surface area contributed by atoms with Gasteiger partial charge >= 0.3 is 5.97 Å². The summed E-state index contributed by atoms with van der Waals surface area (Å²) >= 11 is 0. The highest BCUT2D eigenvalue weighted by molar-refractivity contribution is 5.93. The molecule has 0 atom stereocenters. The molecular weight excluding hydrogens is 334 g/mol. The molecule has 1 aliphatic rings. The fraction of sp³-hybridized carbons (Fsp3) is 0.737. The number of aryl methyl sites for hydroxylation is 1. The van der Waals surface area contributed by atoms with Gasteiger partial charge in [0.2, 0.25) is 0 Å². The van der Waals surface area contributed by atoms with Crippen LogP contribution in [0.4, 0.5) is 5.82 Å². The zero-order valence-corrected chi connectivity index (χ0v) is 17.0. The average molecular weight is 367 g/mol. The molecule has 26 heavy (non-hydrogen) atoms. The van der Waals surface area contributed by atoms with Crippen molar-refractivity contribution in [3.05, 3.63) is 15.9 Å². The third-order valence-electron chi connectivity index (χ3n) is 4.07. The van der Waals surface area contributed by atoms with Crippen molar-refractivity contribution in [2.24, 2.45) is 5.41 Å². The number of anilines is 1. The van der Waals surface area contributed by atoms with Gasteiger partial charge in [-0.25, -0.2) is 9.48 Å². The molecule has 1 N–H and O–H groups in total. The summed E-state index contributed by atoms with van der Waals surface area (Å²) in [7, 11) is 0. The molecule has 1 aromatic rings. The molecule has 2 heterocycles. The Morgan fingerprint density at radius 1 is 1.23 bits per heavy atom. The highest BCUT2D eigenvalue weighted by Gasteiger charge is 2.28. The molecular formula is C19H33N3O4. The number of carbonyl (C=O) groups is 1. The highest BCUT2D eigenvalue weighted by Crippen LogP contribution is 2.30. The lowest BCUT2D eigenvalue weighted by Gasteiger charge is -2.22. The van der Waals surface area contributed by atoms with Gasteiger partial charge in [-0.2, -0.15) is 0 Å². The van der Waals surface area contributed by atoms with Crippen molar-refractivity contribution in [3.63, 3.8) is 0 Å². The Labute approximate surface area is 156 Å². The van der Waals surface area contributed by atoms with Crippen LogP contribution in [-0.4, -0.2) is 40.6 Å². The lowest BCUT2D eigenvalue weighted by Crippen LogP contribution is -2.33. The number of hydrogen-bond donors (Lipinski definition) is 1. The molecule has 0 saturated carbocycles. The Hall–Kier alpha value is -2.05. The van der Waals surface area contributed by atoms with E-state index in [1.54, 1.807) is 6.92 Å². The van der Waals surface area contributed by atoms with Gasteiger partial charge in [0.1, 0.15) is 0 Å². The lowest BCUT2D eigenvalue weighted by molar-refractivity contribution is 0.0519. The maximum atomic E-state index is 12.6. The number of aromatic hydroxyl groups is 1. The Bertz CT molecular complexity index is 656. The van der Waals surface area contributed by atoms with Crippen LogP contribution < -0.4 is 10.5 Å². The molecule has 2 rings (SSSR count). The highest BCUT2D eigenvalue weighted by atomic mass is 16.5. The van der Waals surface area contributed by atoms with Crippen LogP contribution in [-0.2, 0) is 11.3 Å². The molecule has 7 heteroatoms. The molecule has 148 valence electrons. The molecule has 0 bridgehead atoms. The van der Waals surface area contributed by atoms with Gasteiger partial charge < -0.3 is 14.7 Å². The van der Waals surface area contributed by atoms with E-state index in [2.05, 4.69) is 25.9 Å². The molecule has 1 aromatic heterocycles. The predicted octanol–water partition coefficient (Wildman–Crippen LogP) is 3.19. The fourth-order valence-corrected chi connectivity index (χ4v) is 2.67. The van der Waals surface area contributed by atoms with Crippen LogP contribution in [0.2, 0.25) is 0 Å². The molecule has 0 aliphatic carbocycles. The third kappa shape index (κ3) is 5.47. The number of rotatable bonds is 5. The number of nitrogens with zero attached hydrogens (tertiary/aromatic N) is 3. The minimum absolute atomic E-state index is 0.0247. The predicted molar refractivity (Wildman–Crippen MR) is 103 cm³/mol. The van der Waals surface area contributed by atoms with E-state index in [9.17, 15) is 14.7 Å².